The van der Waals surface area contributed by atoms with Crippen LogP contribution in [-0.4, -0.2) is 43.5 Å². The maximum absolute atomic E-state index is 11.3. The Bertz CT molecular complexity index is 215. The molecule has 0 heterocycles. The number of nitrogens with one attached hydrogen (secondary N) is 1. The summed E-state index contributed by atoms with van der Waals surface area (Å²) in [6.07, 6.45) is 8.27. The summed E-state index contributed by atoms with van der Waals surface area (Å²) < 4.78 is 0. The molecular formula is C13H27N3O. The molecule has 0 unspecified atom stereocenters. The van der Waals surface area contributed by atoms with Crippen molar-refractivity contribution in [3.63, 3.8) is 0 Å². The van der Waals surface area contributed by atoms with Crippen molar-refractivity contribution in [2.24, 2.45) is 5.73 Å². The van der Waals surface area contributed by atoms with Gasteiger partial charge >= 0.3 is 0 Å². The van der Waals surface area contributed by atoms with Gasteiger partial charge in [-0.2, -0.15) is 0 Å². The molecule has 0 saturated heterocycles. The first-order chi connectivity index (χ1) is 8.27. The Labute approximate surface area is 105 Å². The average molecular weight is 241 g/mol. The fourth-order valence-electron chi connectivity index (χ4n) is 2.59. The maximum Gasteiger partial charge on any atom is 0.221 e. The van der Waals surface area contributed by atoms with E-state index in [9.17, 15) is 4.79 Å². The number of nitrogens with zero attached hydrogens (tertiary/aromatic N) is 1. The van der Waals surface area contributed by atoms with E-state index in [2.05, 4.69) is 10.2 Å². The van der Waals surface area contributed by atoms with E-state index in [1.807, 2.05) is 0 Å². The van der Waals surface area contributed by atoms with Gasteiger partial charge in [0.15, 0.2) is 0 Å². The quantitative estimate of drug-likeness (QED) is 0.702. The van der Waals surface area contributed by atoms with E-state index in [1.54, 1.807) is 7.05 Å². The second-order valence-electron chi connectivity index (χ2n) is 4.89. The molecule has 0 bridgehead atoms. The summed E-state index contributed by atoms with van der Waals surface area (Å²) in [5, 5.41) is 2.69. The number of nitrogens with two attached hydrogens (primary N) is 1. The lowest BCUT2D eigenvalue weighted by atomic mass is 9.94. The van der Waals surface area contributed by atoms with Gasteiger partial charge in [-0.05, 0) is 32.4 Å². The van der Waals surface area contributed by atoms with E-state index < -0.39 is 0 Å². The highest BCUT2D eigenvalue weighted by Crippen LogP contribution is 2.22. The Kier molecular flexibility index (Phi) is 7.21. The normalized spacial score (nSPS) is 17.4. The highest BCUT2D eigenvalue weighted by molar-refractivity contribution is 5.75. The lowest BCUT2D eigenvalue weighted by Crippen LogP contribution is -2.40. The molecule has 0 radical (unpaired) electrons. The Morgan fingerprint density at radius 3 is 2.59 bits per heavy atom. The van der Waals surface area contributed by atoms with Crippen LogP contribution < -0.4 is 11.1 Å². The average Bonchev–Trinajstić information content (AvgIpc) is 2.39. The maximum atomic E-state index is 11.3. The topological polar surface area (TPSA) is 58.4 Å². The van der Waals surface area contributed by atoms with Gasteiger partial charge in [0.25, 0.3) is 0 Å². The monoisotopic (exact) mass is 241 g/mol. The van der Waals surface area contributed by atoms with Gasteiger partial charge in [0.05, 0.1) is 0 Å². The first-order valence-electron chi connectivity index (χ1n) is 6.92. The van der Waals surface area contributed by atoms with E-state index in [0.29, 0.717) is 12.5 Å². The van der Waals surface area contributed by atoms with Crippen LogP contribution in [0.25, 0.3) is 0 Å². The minimum atomic E-state index is 0.138. The van der Waals surface area contributed by atoms with E-state index in [-0.39, 0.29) is 5.91 Å². The zero-order valence-electron chi connectivity index (χ0n) is 11.1. The molecule has 0 spiro atoms. The van der Waals surface area contributed by atoms with E-state index in [0.717, 1.165) is 26.1 Å². The molecule has 0 atom stereocenters. The van der Waals surface area contributed by atoms with Gasteiger partial charge in [-0.25, -0.2) is 0 Å². The van der Waals surface area contributed by atoms with Crippen molar-refractivity contribution >= 4 is 5.91 Å². The zero-order chi connectivity index (χ0) is 12.5. The summed E-state index contributed by atoms with van der Waals surface area (Å²) in [4.78, 5) is 13.8. The van der Waals surface area contributed by atoms with Crippen LogP contribution in [0.15, 0.2) is 0 Å². The third-order valence-electron chi connectivity index (χ3n) is 3.65. The first kappa shape index (κ1) is 14.5. The van der Waals surface area contributed by atoms with Gasteiger partial charge in [-0.15, -0.1) is 0 Å². The molecular weight excluding hydrogens is 214 g/mol. The van der Waals surface area contributed by atoms with Crippen LogP contribution in [0.3, 0.4) is 0 Å². The van der Waals surface area contributed by atoms with Crippen molar-refractivity contribution in [1.29, 1.82) is 0 Å². The van der Waals surface area contributed by atoms with Gasteiger partial charge in [0.2, 0.25) is 5.91 Å². The summed E-state index contributed by atoms with van der Waals surface area (Å²) in [5.74, 6) is 0.138. The molecule has 3 N–H and O–H groups in total. The summed E-state index contributed by atoms with van der Waals surface area (Å²) >= 11 is 0. The molecule has 1 amide bonds. The van der Waals surface area contributed by atoms with E-state index in [4.69, 9.17) is 5.73 Å². The molecule has 4 nitrogen and oxygen atoms in total. The number of carbonyl (C=O) groups is 1. The molecule has 1 rings (SSSR count). The summed E-state index contributed by atoms with van der Waals surface area (Å²) in [6.45, 7) is 2.66. The third kappa shape index (κ3) is 5.50. The minimum Gasteiger partial charge on any atom is -0.359 e. The fourth-order valence-corrected chi connectivity index (χ4v) is 2.59. The van der Waals surface area contributed by atoms with Gasteiger partial charge in [-0.3, -0.25) is 9.69 Å². The molecule has 0 aromatic rings. The highest BCUT2D eigenvalue weighted by atomic mass is 16.1. The molecule has 1 aliphatic carbocycles. The van der Waals surface area contributed by atoms with Crippen LogP contribution in [0.2, 0.25) is 0 Å². The SMILES string of the molecule is CNC(=O)CCN(CCCN)C1CCCCC1. The molecule has 100 valence electrons. The van der Waals surface area contributed by atoms with Crippen LogP contribution in [0.1, 0.15) is 44.9 Å². The lowest BCUT2D eigenvalue weighted by molar-refractivity contribution is -0.121. The number of hydrogen-bond acceptors (Lipinski definition) is 3. The Morgan fingerprint density at radius 1 is 1.29 bits per heavy atom. The van der Waals surface area contributed by atoms with Crippen LogP contribution in [0.4, 0.5) is 0 Å². The molecule has 17 heavy (non-hydrogen) atoms. The van der Waals surface area contributed by atoms with Crippen molar-refractivity contribution < 1.29 is 4.79 Å². The third-order valence-corrected chi connectivity index (χ3v) is 3.65. The van der Waals surface area contributed by atoms with Crippen molar-refractivity contribution in [3.8, 4) is 0 Å². The van der Waals surface area contributed by atoms with Crippen LogP contribution in [0, 0.1) is 0 Å². The highest BCUT2D eigenvalue weighted by Gasteiger charge is 2.20. The van der Waals surface area contributed by atoms with Crippen LogP contribution in [-0.2, 0) is 4.79 Å². The second-order valence-corrected chi connectivity index (χ2v) is 4.89. The van der Waals surface area contributed by atoms with Crippen molar-refractivity contribution in [2.75, 3.05) is 26.7 Å². The van der Waals surface area contributed by atoms with Crippen molar-refractivity contribution in [1.82, 2.24) is 10.2 Å². The van der Waals surface area contributed by atoms with Gasteiger partial charge in [0, 0.05) is 26.1 Å². The number of amides is 1. The summed E-state index contributed by atoms with van der Waals surface area (Å²) in [5.41, 5.74) is 5.58. The fraction of sp³-hybridized carbons (Fsp3) is 0.923. The second kappa shape index (κ2) is 8.48. The summed E-state index contributed by atoms with van der Waals surface area (Å²) in [6, 6.07) is 0.681. The largest absolute Gasteiger partial charge is 0.359 e. The van der Waals surface area contributed by atoms with Crippen molar-refractivity contribution in [3.05, 3.63) is 0 Å². The van der Waals surface area contributed by atoms with Crippen LogP contribution in [0.5, 0.6) is 0 Å². The number of hydrogen-bond donors (Lipinski definition) is 2. The van der Waals surface area contributed by atoms with E-state index in [1.165, 1.54) is 32.1 Å². The molecule has 0 aromatic heterocycles. The molecule has 0 aromatic carbocycles. The molecule has 1 aliphatic rings. The first-order valence-corrected chi connectivity index (χ1v) is 6.92. The standard InChI is InChI=1S/C13H27N3O/c1-15-13(17)8-11-16(10-5-9-14)12-6-3-2-4-7-12/h12H,2-11,14H2,1H3,(H,15,17). The Balaban J connectivity index is 2.37. The van der Waals surface area contributed by atoms with Gasteiger partial charge < -0.3 is 11.1 Å². The lowest BCUT2D eigenvalue weighted by Gasteiger charge is -2.34. The summed E-state index contributed by atoms with van der Waals surface area (Å²) in [7, 11) is 1.70. The van der Waals surface area contributed by atoms with Gasteiger partial charge in [0.1, 0.15) is 0 Å². The van der Waals surface area contributed by atoms with E-state index >= 15 is 0 Å². The molecule has 0 aliphatic heterocycles. The van der Waals surface area contributed by atoms with Crippen LogP contribution >= 0.6 is 0 Å². The smallest absolute Gasteiger partial charge is 0.221 e. The molecule has 1 fully saturated rings. The Hall–Kier alpha value is -0.610. The number of rotatable bonds is 7. The van der Waals surface area contributed by atoms with Crippen molar-refractivity contribution in [2.45, 2.75) is 51.0 Å². The molecule has 4 heteroatoms. The van der Waals surface area contributed by atoms with Gasteiger partial charge in [-0.1, -0.05) is 19.3 Å². The number of carbonyl (C=O) groups excluding carboxylic acids is 1. The predicted molar refractivity (Wildman–Crippen MR) is 70.8 cm³/mol. The zero-order valence-corrected chi connectivity index (χ0v) is 11.1. The Morgan fingerprint density at radius 2 is 2.00 bits per heavy atom. The molecule has 1 saturated carbocycles. The minimum absolute atomic E-state index is 0.138. The predicted octanol–water partition coefficient (Wildman–Crippen LogP) is 1.11.